The quantitative estimate of drug-likeness (QED) is 0.513. The second-order valence-electron chi connectivity index (χ2n) is 4.50. The maximum Gasteiger partial charge on any atom is 0.242 e. The number of benzene rings is 1. The summed E-state index contributed by atoms with van der Waals surface area (Å²) in [7, 11) is -8.43. The van der Waals surface area contributed by atoms with Crippen molar-refractivity contribution in [3.05, 3.63) is 18.2 Å². The van der Waals surface area contributed by atoms with E-state index >= 15 is 0 Å². The molecular weight excluding hydrogens is 336 g/mol. The van der Waals surface area contributed by atoms with Gasteiger partial charge in [-0.15, -0.1) is 0 Å². The molecule has 3 N–H and O–H groups in total. The van der Waals surface area contributed by atoms with Crippen LogP contribution in [0.2, 0.25) is 0 Å². The molecule has 7 nitrogen and oxygen atoms in total. The normalized spacial score (nSPS) is 14.0. The minimum absolute atomic E-state index is 0.0334. The lowest BCUT2D eigenvalue weighted by Crippen LogP contribution is -2.26. The highest BCUT2D eigenvalue weighted by Crippen LogP contribution is 2.22. The molecule has 0 fully saturated rings. The van der Waals surface area contributed by atoms with Gasteiger partial charge in [-0.25, -0.2) is 21.6 Å². The number of nitrogens with two attached hydrogens (primary N) is 1. The van der Waals surface area contributed by atoms with Gasteiger partial charge in [-0.2, -0.15) is 0 Å². The van der Waals surface area contributed by atoms with Gasteiger partial charge >= 0.3 is 0 Å². The van der Waals surface area contributed by atoms with Gasteiger partial charge in [-0.3, -0.25) is 4.21 Å². The third kappa shape index (κ3) is 5.38. The van der Waals surface area contributed by atoms with E-state index in [4.69, 9.17) is 5.73 Å². The SMILES string of the molecule is CS(=O)CCCNS(=O)(=O)c1cc(S(C)(=O)=O)ccc1N. The zero-order chi connectivity index (χ0) is 16.3. The van der Waals surface area contributed by atoms with Crippen molar-refractivity contribution in [1.29, 1.82) is 0 Å². The Balaban J connectivity index is 3.00. The van der Waals surface area contributed by atoms with E-state index in [-0.39, 0.29) is 22.0 Å². The zero-order valence-electron chi connectivity index (χ0n) is 11.7. The second-order valence-corrected chi connectivity index (χ2v) is 9.81. The molecule has 1 atom stereocenters. The number of rotatable bonds is 7. The van der Waals surface area contributed by atoms with Gasteiger partial charge in [0.05, 0.1) is 10.6 Å². The topological polar surface area (TPSA) is 123 Å². The van der Waals surface area contributed by atoms with Crippen LogP contribution < -0.4 is 10.5 Å². The van der Waals surface area contributed by atoms with Gasteiger partial charge in [0.2, 0.25) is 10.0 Å². The Kier molecular flexibility index (Phi) is 5.91. The van der Waals surface area contributed by atoms with E-state index in [0.29, 0.717) is 12.2 Å². The largest absolute Gasteiger partial charge is 0.398 e. The fraction of sp³-hybridized carbons (Fsp3) is 0.455. The van der Waals surface area contributed by atoms with E-state index in [9.17, 15) is 21.0 Å². The predicted octanol–water partition coefficient (Wildman–Crippen LogP) is -0.281. The second kappa shape index (κ2) is 6.86. The Morgan fingerprint density at radius 1 is 1.24 bits per heavy atom. The summed E-state index contributed by atoms with van der Waals surface area (Å²) < 4.78 is 60.4. The fourth-order valence-electron chi connectivity index (χ4n) is 1.54. The summed E-state index contributed by atoms with van der Waals surface area (Å²) in [5, 5.41) is 0. The molecule has 0 amide bonds. The van der Waals surface area contributed by atoms with Crippen molar-refractivity contribution in [2.24, 2.45) is 0 Å². The van der Waals surface area contributed by atoms with Crippen LogP contribution in [0.15, 0.2) is 28.0 Å². The maximum atomic E-state index is 12.1. The Hall–Kier alpha value is -0.970. The van der Waals surface area contributed by atoms with E-state index in [2.05, 4.69) is 4.72 Å². The number of nitrogen functional groups attached to an aromatic ring is 1. The van der Waals surface area contributed by atoms with Gasteiger partial charge in [0.15, 0.2) is 9.84 Å². The van der Waals surface area contributed by atoms with Gasteiger partial charge in [-0.05, 0) is 24.6 Å². The molecule has 0 bridgehead atoms. The predicted molar refractivity (Wildman–Crippen MR) is 82.7 cm³/mol. The first kappa shape index (κ1) is 18.1. The van der Waals surface area contributed by atoms with Crippen LogP contribution in [-0.2, 0) is 30.7 Å². The van der Waals surface area contributed by atoms with E-state index in [1.54, 1.807) is 0 Å². The number of anilines is 1. The van der Waals surface area contributed by atoms with E-state index in [0.717, 1.165) is 12.3 Å². The minimum atomic E-state index is -3.91. The molecule has 0 aliphatic heterocycles. The van der Waals surface area contributed by atoms with Crippen molar-refractivity contribution < 1.29 is 21.0 Å². The van der Waals surface area contributed by atoms with Crippen LogP contribution in [-0.4, -0.2) is 45.9 Å². The van der Waals surface area contributed by atoms with Gasteiger partial charge < -0.3 is 5.73 Å². The first-order chi connectivity index (χ1) is 9.54. The van der Waals surface area contributed by atoms with Crippen molar-refractivity contribution in [2.45, 2.75) is 16.2 Å². The lowest BCUT2D eigenvalue weighted by atomic mass is 10.3. The highest BCUT2D eigenvalue weighted by molar-refractivity contribution is 7.91. The Morgan fingerprint density at radius 3 is 2.38 bits per heavy atom. The monoisotopic (exact) mass is 354 g/mol. The van der Waals surface area contributed by atoms with Crippen molar-refractivity contribution in [3.63, 3.8) is 0 Å². The van der Waals surface area contributed by atoms with Crippen molar-refractivity contribution in [3.8, 4) is 0 Å². The molecule has 0 heterocycles. The summed E-state index contributed by atoms with van der Waals surface area (Å²) in [6, 6.07) is 3.53. The van der Waals surface area contributed by atoms with Crippen LogP contribution in [0.4, 0.5) is 5.69 Å². The standard InChI is InChI=1S/C11H18N2O5S3/c1-19(14)7-3-6-13-21(17,18)11-8-9(20(2,15)16)4-5-10(11)12/h4-5,8,13H,3,6-7,12H2,1-2H3. The first-order valence-electron chi connectivity index (χ1n) is 5.93. The van der Waals surface area contributed by atoms with Gasteiger partial charge in [0, 0.05) is 35.6 Å². The average molecular weight is 354 g/mol. The Labute approximate surface area is 127 Å². The zero-order valence-corrected chi connectivity index (χ0v) is 14.1. The summed E-state index contributed by atoms with van der Waals surface area (Å²) in [5.74, 6) is 0.376. The Bertz CT molecular complexity index is 741. The summed E-state index contributed by atoms with van der Waals surface area (Å²) >= 11 is 0. The summed E-state index contributed by atoms with van der Waals surface area (Å²) in [6.45, 7) is 0.102. The number of hydrogen-bond acceptors (Lipinski definition) is 6. The molecule has 0 aromatic heterocycles. The van der Waals surface area contributed by atoms with Crippen LogP contribution in [0, 0.1) is 0 Å². The highest BCUT2D eigenvalue weighted by atomic mass is 32.2. The van der Waals surface area contributed by atoms with Crippen molar-refractivity contribution in [1.82, 2.24) is 4.72 Å². The first-order valence-corrected chi connectivity index (χ1v) is 11.0. The molecule has 10 heteroatoms. The highest BCUT2D eigenvalue weighted by Gasteiger charge is 2.20. The molecule has 1 unspecified atom stereocenters. The maximum absolute atomic E-state index is 12.1. The van der Waals surface area contributed by atoms with Gasteiger partial charge in [0.25, 0.3) is 0 Å². The molecule has 0 aliphatic rings. The van der Waals surface area contributed by atoms with Gasteiger partial charge in [-0.1, -0.05) is 0 Å². The van der Waals surface area contributed by atoms with E-state index in [1.165, 1.54) is 18.4 Å². The van der Waals surface area contributed by atoms with E-state index < -0.39 is 30.7 Å². The van der Waals surface area contributed by atoms with Crippen molar-refractivity contribution >= 4 is 36.3 Å². The summed E-state index contributed by atoms with van der Waals surface area (Å²) in [5.41, 5.74) is 5.58. The molecule has 21 heavy (non-hydrogen) atoms. The van der Waals surface area contributed by atoms with Crippen LogP contribution in [0.25, 0.3) is 0 Å². The van der Waals surface area contributed by atoms with Crippen LogP contribution in [0.5, 0.6) is 0 Å². The number of nitrogens with one attached hydrogen (secondary N) is 1. The number of hydrogen-bond donors (Lipinski definition) is 2. The van der Waals surface area contributed by atoms with Crippen LogP contribution in [0.1, 0.15) is 6.42 Å². The Morgan fingerprint density at radius 2 is 1.86 bits per heavy atom. The molecule has 1 rings (SSSR count). The molecule has 0 radical (unpaired) electrons. The smallest absolute Gasteiger partial charge is 0.242 e. The lowest BCUT2D eigenvalue weighted by Gasteiger charge is -2.10. The molecular formula is C11H18N2O5S3. The molecule has 1 aromatic rings. The molecule has 0 saturated heterocycles. The molecule has 0 aliphatic carbocycles. The molecule has 0 spiro atoms. The third-order valence-electron chi connectivity index (χ3n) is 2.60. The average Bonchev–Trinajstić information content (AvgIpc) is 2.33. The van der Waals surface area contributed by atoms with Crippen molar-refractivity contribution in [2.75, 3.05) is 30.5 Å². The minimum Gasteiger partial charge on any atom is -0.398 e. The van der Waals surface area contributed by atoms with Gasteiger partial charge in [0.1, 0.15) is 4.90 Å². The summed E-state index contributed by atoms with van der Waals surface area (Å²) in [6.07, 6.45) is 2.93. The van der Waals surface area contributed by atoms with E-state index in [1.807, 2.05) is 0 Å². The number of sulfone groups is 1. The number of sulfonamides is 1. The fourth-order valence-corrected chi connectivity index (χ4v) is 4.04. The molecule has 0 saturated carbocycles. The van der Waals surface area contributed by atoms with Crippen LogP contribution in [0.3, 0.4) is 0 Å². The molecule has 120 valence electrons. The third-order valence-corrected chi connectivity index (χ3v) is 6.09. The summed E-state index contributed by atoms with van der Waals surface area (Å²) in [4.78, 5) is -0.394. The van der Waals surface area contributed by atoms with Crippen LogP contribution >= 0.6 is 0 Å². The lowest BCUT2D eigenvalue weighted by molar-refractivity contribution is 0.580. The molecule has 1 aromatic carbocycles.